The van der Waals surface area contributed by atoms with Crippen LogP contribution in [0.4, 0.5) is 5.69 Å². The molecule has 2 rings (SSSR count). The summed E-state index contributed by atoms with van der Waals surface area (Å²) in [6.45, 7) is 1.74. The Kier molecular flexibility index (Phi) is 7.80. The molecular formula is C18H22N2O7S. The highest BCUT2D eigenvalue weighted by molar-refractivity contribution is 7.98. The number of hydrogen-bond acceptors (Lipinski definition) is 8. The Balaban J connectivity index is 2.03. The number of piperidine rings is 1. The Hall–Kier alpha value is -2.62. The van der Waals surface area contributed by atoms with Crippen molar-refractivity contribution < 1.29 is 28.8 Å². The summed E-state index contributed by atoms with van der Waals surface area (Å²) in [5.74, 6) is -1.81. The first-order valence-corrected chi connectivity index (χ1v) is 10.1. The molecule has 1 aliphatic rings. The van der Waals surface area contributed by atoms with Gasteiger partial charge in [0.1, 0.15) is 6.04 Å². The minimum Gasteiger partial charge on any atom is -0.464 e. The van der Waals surface area contributed by atoms with E-state index < -0.39 is 35.4 Å². The zero-order valence-corrected chi connectivity index (χ0v) is 16.5. The zero-order chi connectivity index (χ0) is 20.7. The van der Waals surface area contributed by atoms with Gasteiger partial charge in [0, 0.05) is 12.6 Å². The Morgan fingerprint density at radius 2 is 2.04 bits per heavy atom. The lowest BCUT2D eigenvalue weighted by atomic mass is 10.0. The molecule has 1 aromatic carbocycles. The average Bonchev–Trinajstić information content (AvgIpc) is 2.71. The third-order valence-electron chi connectivity index (χ3n) is 4.32. The van der Waals surface area contributed by atoms with Gasteiger partial charge in [-0.2, -0.15) is 0 Å². The number of nitro groups is 1. The van der Waals surface area contributed by atoms with Gasteiger partial charge in [0.2, 0.25) is 0 Å². The third kappa shape index (κ3) is 5.22. The van der Waals surface area contributed by atoms with Crippen LogP contribution in [0.5, 0.6) is 0 Å². The number of carbonyl (C=O) groups is 3. The molecule has 0 N–H and O–H groups in total. The number of carbonyl (C=O) groups excluding carboxylic acids is 3. The smallest absolute Gasteiger partial charge is 0.338 e. The standard InChI is InChI=1S/C18H22N2O7S/c1-3-26-18(23)13-6-4-5-9-19(13)16(21)11-27-17(22)12-7-8-15(28-2)14(10-12)20(24)25/h7-8,10,13H,3-6,9,11H2,1-2H3/t13-/m1/s1. The molecule has 1 heterocycles. The fourth-order valence-corrected chi connectivity index (χ4v) is 3.51. The van der Waals surface area contributed by atoms with Crippen molar-refractivity contribution in [1.82, 2.24) is 4.90 Å². The van der Waals surface area contributed by atoms with Gasteiger partial charge in [0.15, 0.2) is 6.61 Å². The maximum atomic E-state index is 12.5. The van der Waals surface area contributed by atoms with Crippen LogP contribution in [0.15, 0.2) is 23.1 Å². The quantitative estimate of drug-likeness (QED) is 0.291. The van der Waals surface area contributed by atoms with Gasteiger partial charge in [-0.15, -0.1) is 11.8 Å². The highest BCUT2D eigenvalue weighted by Gasteiger charge is 2.33. The Labute approximate surface area is 166 Å². The van der Waals surface area contributed by atoms with Crippen molar-refractivity contribution in [2.45, 2.75) is 37.1 Å². The molecule has 1 amide bonds. The molecule has 0 aliphatic carbocycles. The summed E-state index contributed by atoms with van der Waals surface area (Å²) in [4.78, 5) is 49.0. The fraction of sp³-hybridized carbons (Fsp3) is 0.500. The van der Waals surface area contributed by atoms with E-state index in [2.05, 4.69) is 0 Å². The summed E-state index contributed by atoms with van der Waals surface area (Å²) < 4.78 is 10.0. The lowest BCUT2D eigenvalue weighted by molar-refractivity contribution is -0.387. The summed E-state index contributed by atoms with van der Waals surface area (Å²) in [6, 6.07) is 3.32. The molecule has 0 bridgehead atoms. The molecule has 152 valence electrons. The Bertz CT molecular complexity index is 768. The van der Waals surface area contributed by atoms with Gasteiger partial charge < -0.3 is 14.4 Å². The van der Waals surface area contributed by atoms with Gasteiger partial charge in [-0.05, 0) is 44.6 Å². The van der Waals surface area contributed by atoms with Gasteiger partial charge >= 0.3 is 11.9 Å². The van der Waals surface area contributed by atoms with Crippen molar-refractivity contribution in [3.63, 3.8) is 0 Å². The second-order valence-corrected chi connectivity index (χ2v) is 6.92. The lowest BCUT2D eigenvalue weighted by Gasteiger charge is -2.33. The van der Waals surface area contributed by atoms with Crippen molar-refractivity contribution in [3.8, 4) is 0 Å². The Morgan fingerprint density at radius 1 is 1.29 bits per heavy atom. The number of rotatable bonds is 7. The number of esters is 2. The SMILES string of the molecule is CCOC(=O)[C@H]1CCCCN1C(=O)COC(=O)c1ccc(SC)c([N+](=O)[O-])c1. The van der Waals surface area contributed by atoms with Crippen LogP contribution in [0.1, 0.15) is 36.5 Å². The molecule has 0 unspecified atom stereocenters. The highest BCUT2D eigenvalue weighted by Crippen LogP contribution is 2.28. The fourth-order valence-electron chi connectivity index (χ4n) is 2.97. The van der Waals surface area contributed by atoms with Crippen molar-refractivity contribution in [2.75, 3.05) is 26.0 Å². The molecule has 0 radical (unpaired) electrons. The number of ether oxygens (including phenoxy) is 2. The van der Waals surface area contributed by atoms with Crippen LogP contribution in [-0.2, 0) is 19.1 Å². The minimum absolute atomic E-state index is 0.0158. The van der Waals surface area contributed by atoms with E-state index in [1.165, 1.54) is 28.8 Å². The van der Waals surface area contributed by atoms with Crippen molar-refractivity contribution in [3.05, 3.63) is 33.9 Å². The molecule has 0 spiro atoms. The summed E-state index contributed by atoms with van der Waals surface area (Å²) in [5.41, 5.74) is -0.218. The van der Waals surface area contributed by atoms with E-state index in [0.29, 0.717) is 17.9 Å². The van der Waals surface area contributed by atoms with E-state index in [-0.39, 0.29) is 17.9 Å². The molecular weight excluding hydrogens is 388 g/mol. The molecule has 1 saturated heterocycles. The van der Waals surface area contributed by atoms with Gasteiger partial charge in [0.05, 0.1) is 22.0 Å². The average molecular weight is 410 g/mol. The Morgan fingerprint density at radius 3 is 2.68 bits per heavy atom. The molecule has 1 atom stereocenters. The number of likely N-dealkylation sites (tertiary alicyclic amines) is 1. The maximum Gasteiger partial charge on any atom is 0.338 e. The number of nitrogens with zero attached hydrogens (tertiary/aromatic N) is 2. The van der Waals surface area contributed by atoms with Gasteiger partial charge in [0.25, 0.3) is 11.6 Å². The predicted octanol–water partition coefficient (Wildman–Crippen LogP) is 2.42. The molecule has 1 fully saturated rings. The van der Waals surface area contributed by atoms with Crippen molar-refractivity contribution in [2.24, 2.45) is 0 Å². The number of benzene rings is 1. The largest absolute Gasteiger partial charge is 0.464 e. The lowest BCUT2D eigenvalue weighted by Crippen LogP contribution is -2.50. The molecule has 1 aromatic rings. The first-order chi connectivity index (χ1) is 13.4. The molecule has 28 heavy (non-hydrogen) atoms. The summed E-state index contributed by atoms with van der Waals surface area (Å²) in [7, 11) is 0. The molecule has 9 nitrogen and oxygen atoms in total. The zero-order valence-electron chi connectivity index (χ0n) is 15.7. The first kappa shape index (κ1) is 21.7. The third-order valence-corrected chi connectivity index (χ3v) is 5.10. The van der Waals surface area contributed by atoms with Crippen LogP contribution in [0.2, 0.25) is 0 Å². The van der Waals surface area contributed by atoms with Crippen LogP contribution in [0, 0.1) is 10.1 Å². The highest BCUT2D eigenvalue weighted by atomic mass is 32.2. The summed E-state index contributed by atoms with van der Waals surface area (Å²) >= 11 is 1.19. The topological polar surface area (TPSA) is 116 Å². The second-order valence-electron chi connectivity index (χ2n) is 6.07. The first-order valence-electron chi connectivity index (χ1n) is 8.84. The second kappa shape index (κ2) is 10.1. The number of amides is 1. The maximum absolute atomic E-state index is 12.5. The predicted molar refractivity (Wildman–Crippen MR) is 101 cm³/mol. The molecule has 0 saturated carbocycles. The van der Waals surface area contributed by atoms with Gasteiger partial charge in [-0.25, -0.2) is 9.59 Å². The van der Waals surface area contributed by atoms with Gasteiger partial charge in [-0.1, -0.05) is 0 Å². The minimum atomic E-state index is -0.839. The van der Waals surface area contributed by atoms with E-state index in [0.717, 1.165) is 18.9 Å². The summed E-state index contributed by atoms with van der Waals surface area (Å²) in [6.07, 6.45) is 3.74. The van der Waals surface area contributed by atoms with E-state index >= 15 is 0 Å². The van der Waals surface area contributed by atoms with Crippen molar-refractivity contribution >= 4 is 35.3 Å². The van der Waals surface area contributed by atoms with Crippen LogP contribution >= 0.6 is 11.8 Å². The number of hydrogen-bond donors (Lipinski definition) is 0. The van der Waals surface area contributed by atoms with Crippen LogP contribution in [0.25, 0.3) is 0 Å². The number of thioether (sulfide) groups is 1. The normalized spacial score (nSPS) is 16.4. The van der Waals surface area contributed by atoms with Crippen LogP contribution in [0.3, 0.4) is 0 Å². The molecule has 10 heteroatoms. The van der Waals surface area contributed by atoms with E-state index in [9.17, 15) is 24.5 Å². The monoisotopic (exact) mass is 410 g/mol. The van der Waals surface area contributed by atoms with Gasteiger partial charge in [-0.3, -0.25) is 14.9 Å². The number of nitro benzene ring substituents is 1. The molecule has 0 aromatic heterocycles. The van der Waals surface area contributed by atoms with E-state index in [1.807, 2.05) is 0 Å². The van der Waals surface area contributed by atoms with E-state index in [4.69, 9.17) is 9.47 Å². The van der Waals surface area contributed by atoms with E-state index in [1.54, 1.807) is 13.2 Å². The summed E-state index contributed by atoms with van der Waals surface area (Å²) in [5, 5.41) is 11.1. The van der Waals surface area contributed by atoms with Crippen LogP contribution in [-0.4, -0.2) is 59.7 Å². The van der Waals surface area contributed by atoms with Crippen molar-refractivity contribution in [1.29, 1.82) is 0 Å². The molecule has 1 aliphatic heterocycles. The van der Waals surface area contributed by atoms with Crippen LogP contribution < -0.4 is 0 Å².